The van der Waals surface area contributed by atoms with E-state index < -0.39 is 5.41 Å². The Kier molecular flexibility index (Phi) is 3.84. The van der Waals surface area contributed by atoms with Gasteiger partial charge in [-0.05, 0) is 25.0 Å². The molecule has 20 heavy (non-hydrogen) atoms. The Balaban J connectivity index is 2.44. The number of anilines is 1. The topological polar surface area (TPSA) is 49.4 Å². The molecule has 0 aliphatic carbocycles. The van der Waals surface area contributed by atoms with Crippen LogP contribution in [0.1, 0.15) is 43.6 Å². The second-order valence-corrected chi connectivity index (χ2v) is 6.13. The Bertz CT molecular complexity index is 544. The summed E-state index contributed by atoms with van der Waals surface area (Å²) in [6, 6.07) is 5.67. The highest BCUT2D eigenvalue weighted by Gasteiger charge is 2.34. The van der Waals surface area contributed by atoms with Gasteiger partial charge in [0.15, 0.2) is 0 Å². The van der Waals surface area contributed by atoms with E-state index in [-0.39, 0.29) is 11.8 Å². The van der Waals surface area contributed by atoms with Gasteiger partial charge in [0.05, 0.1) is 11.3 Å². The number of rotatable bonds is 2. The fourth-order valence-electron chi connectivity index (χ4n) is 2.50. The van der Waals surface area contributed by atoms with Gasteiger partial charge in [-0.1, -0.05) is 32.9 Å². The van der Waals surface area contributed by atoms with Gasteiger partial charge in [0, 0.05) is 18.5 Å². The van der Waals surface area contributed by atoms with E-state index >= 15 is 0 Å². The molecule has 2 rings (SSSR count). The molecule has 1 aromatic rings. The Morgan fingerprint density at radius 2 is 2.00 bits per heavy atom. The molecular weight excluding hydrogens is 252 g/mol. The molecule has 0 atom stereocenters. The number of amides is 2. The maximum Gasteiger partial charge on any atom is 0.253 e. The maximum atomic E-state index is 12.6. The lowest BCUT2D eigenvalue weighted by molar-refractivity contribution is -0.125. The summed E-state index contributed by atoms with van der Waals surface area (Å²) in [6.07, 6.45) is 0.810. The number of carbonyl (C=O) groups excluding carboxylic acids is 2. The van der Waals surface area contributed by atoms with Crippen LogP contribution in [0, 0.1) is 5.41 Å². The van der Waals surface area contributed by atoms with Crippen molar-refractivity contribution in [1.29, 1.82) is 0 Å². The van der Waals surface area contributed by atoms with Gasteiger partial charge in [0.1, 0.15) is 0 Å². The minimum absolute atomic E-state index is 0.0630. The number of carbonyl (C=O) groups is 2. The number of fused-ring (bicyclic) bond motifs is 1. The SMILES string of the molecule is CCNC(=O)c1cccc2c1N(C(=O)C(C)(C)C)CC2. The number of hydrogen-bond acceptors (Lipinski definition) is 2. The number of para-hydroxylation sites is 1. The quantitative estimate of drug-likeness (QED) is 0.900. The maximum absolute atomic E-state index is 12.6. The molecule has 0 radical (unpaired) electrons. The Labute approximate surface area is 120 Å². The lowest BCUT2D eigenvalue weighted by Gasteiger charge is -2.27. The molecule has 0 saturated heterocycles. The van der Waals surface area contributed by atoms with Gasteiger partial charge < -0.3 is 10.2 Å². The summed E-state index contributed by atoms with van der Waals surface area (Å²) in [4.78, 5) is 26.5. The third-order valence-electron chi connectivity index (χ3n) is 3.46. The molecule has 0 unspecified atom stereocenters. The van der Waals surface area contributed by atoms with E-state index in [1.54, 1.807) is 11.0 Å². The zero-order valence-electron chi connectivity index (χ0n) is 12.6. The summed E-state index contributed by atoms with van der Waals surface area (Å²) in [6.45, 7) is 8.84. The summed E-state index contributed by atoms with van der Waals surface area (Å²) in [7, 11) is 0. The summed E-state index contributed by atoms with van der Waals surface area (Å²) in [5, 5.41) is 2.81. The Morgan fingerprint density at radius 3 is 2.60 bits per heavy atom. The van der Waals surface area contributed by atoms with Crippen molar-refractivity contribution in [2.75, 3.05) is 18.0 Å². The van der Waals surface area contributed by atoms with Gasteiger partial charge in [-0.15, -0.1) is 0 Å². The molecule has 1 aliphatic heterocycles. The van der Waals surface area contributed by atoms with Crippen LogP contribution in [0.15, 0.2) is 18.2 Å². The van der Waals surface area contributed by atoms with Crippen molar-refractivity contribution < 1.29 is 9.59 Å². The highest BCUT2D eigenvalue weighted by molar-refractivity contribution is 6.07. The average Bonchev–Trinajstić information content (AvgIpc) is 2.80. The van der Waals surface area contributed by atoms with Crippen molar-refractivity contribution in [3.63, 3.8) is 0 Å². The van der Waals surface area contributed by atoms with Crippen LogP contribution in [-0.2, 0) is 11.2 Å². The van der Waals surface area contributed by atoms with Gasteiger partial charge in [-0.2, -0.15) is 0 Å². The van der Waals surface area contributed by atoms with Crippen LogP contribution >= 0.6 is 0 Å². The first-order valence-corrected chi connectivity index (χ1v) is 7.08. The first-order valence-electron chi connectivity index (χ1n) is 7.08. The lowest BCUT2D eigenvalue weighted by Crippen LogP contribution is -2.39. The summed E-state index contributed by atoms with van der Waals surface area (Å²) in [5.74, 6) is -0.0500. The number of nitrogens with zero attached hydrogens (tertiary/aromatic N) is 1. The zero-order chi connectivity index (χ0) is 14.9. The molecule has 108 valence electrons. The third kappa shape index (κ3) is 2.55. The molecule has 1 N–H and O–H groups in total. The predicted molar refractivity (Wildman–Crippen MR) is 80.0 cm³/mol. The van der Waals surface area contributed by atoms with E-state index in [1.807, 2.05) is 39.8 Å². The van der Waals surface area contributed by atoms with E-state index in [0.29, 0.717) is 18.7 Å². The van der Waals surface area contributed by atoms with Crippen LogP contribution in [0.4, 0.5) is 5.69 Å². The summed E-state index contributed by atoms with van der Waals surface area (Å²) < 4.78 is 0. The highest BCUT2D eigenvalue weighted by Crippen LogP contribution is 2.34. The minimum Gasteiger partial charge on any atom is -0.352 e. The monoisotopic (exact) mass is 274 g/mol. The zero-order valence-corrected chi connectivity index (χ0v) is 12.6. The van der Waals surface area contributed by atoms with Crippen LogP contribution in [0.25, 0.3) is 0 Å². The van der Waals surface area contributed by atoms with Crippen molar-refractivity contribution in [2.45, 2.75) is 34.1 Å². The van der Waals surface area contributed by atoms with Crippen molar-refractivity contribution in [2.24, 2.45) is 5.41 Å². The predicted octanol–water partition coefficient (Wildman–Crippen LogP) is 2.37. The molecule has 1 aliphatic rings. The fourth-order valence-corrected chi connectivity index (χ4v) is 2.50. The van der Waals surface area contributed by atoms with Gasteiger partial charge in [0.25, 0.3) is 5.91 Å². The van der Waals surface area contributed by atoms with Crippen LogP contribution in [0.2, 0.25) is 0 Å². The number of hydrogen-bond donors (Lipinski definition) is 1. The fraction of sp³-hybridized carbons (Fsp3) is 0.500. The van der Waals surface area contributed by atoms with Gasteiger partial charge in [-0.3, -0.25) is 9.59 Å². The number of nitrogens with one attached hydrogen (secondary N) is 1. The lowest BCUT2D eigenvalue weighted by atomic mass is 9.94. The first kappa shape index (κ1) is 14.6. The van der Waals surface area contributed by atoms with E-state index in [4.69, 9.17) is 0 Å². The molecule has 1 aromatic carbocycles. The smallest absolute Gasteiger partial charge is 0.253 e. The standard InChI is InChI=1S/C16H22N2O2/c1-5-17-14(19)12-8-6-7-11-9-10-18(13(11)12)15(20)16(2,3)4/h6-8H,5,9-10H2,1-4H3,(H,17,19). The van der Waals surface area contributed by atoms with Gasteiger partial charge in [-0.25, -0.2) is 0 Å². The minimum atomic E-state index is -0.448. The molecular formula is C16H22N2O2. The molecule has 0 spiro atoms. The molecule has 2 amide bonds. The molecule has 0 saturated carbocycles. The molecule has 0 aromatic heterocycles. The van der Waals surface area contributed by atoms with Crippen LogP contribution in [-0.4, -0.2) is 24.9 Å². The van der Waals surface area contributed by atoms with Crippen molar-refractivity contribution in [1.82, 2.24) is 5.32 Å². The molecule has 0 bridgehead atoms. The summed E-state index contributed by atoms with van der Waals surface area (Å²) in [5.41, 5.74) is 2.01. The van der Waals surface area contributed by atoms with Crippen LogP contribution < -0.4 is 10.2 Å². The second kappa shape index (κ2) is 5.27. The molecule has 0 fully saturated rings. The second-order valence-electron chi connectivity index (χ2n) is 6.13. The normalized spacial score (nSPS) is 14.1. The van der Waals surface area contributed by atoms with E-state index in [0.717, 1.165) is 17.7 Å². The number of benzene rings is 1. The Hall–Kier alpha value is -1.84. The van der Waals surface area contributed by atoms with E-state index in [2.05, 4.69) is 5.32 Å². The molecule has 4 nitrogen and oxygen atoms in total. The molecule has 1 heterocycles. The highest BCUT2D eigenvalue weighted by atomic mass is 16.2. The van der Waals surface area contributed by atoms with E-state index in [1.165, 1.54) is 0 Å². The average molecular weight is 274 g/mol. The van der Waals surface area contributed by atoms with Gasteiger partial charge in [0.2, 0.25) is 5.91 Å². The third-order valence-corrected chi connectivity index (χ3v) is 3.46. The van der Waals surface area contributed by atoms with Crippen LogP contribution in [0.5, 0.6) is 0 Å². The Morgan fingerprint density at radius 1 is 1.30 bits per heavy atom. The van der Waals surface area contributed by atoms with E-state index in [9.17, 15) is 9.59 Å². The van der Waals surface area contributed by atoms with Crippen LogP contribution in [0.3, 0.4) is 0 Å². The largest absolute Gasteiger partial charge is 0.352 e. The molecule has 4 heteroatoms. The van der Waals surface area contributed by atoms with Gasteiger partial charge >= 0.3 is 0 Å². The van der Waals surface area contributed by atoms with Crippen molar-refractivity contribution >= 4 is 17.5 Å². The van der Waals surface area contributed by atoms with Crippen molar-refractivity contribution in [3.05, 3.63) is 29.3 Å². The van der Waals surface area contributed by atoms with Crippen molar-refractivity contribution in [3.8, 4) is 0 Å². The first-order chi connectivity index (χ1) is 9.36. The summed E-state index contributed by atoms with van der Waals surface area (Å²) >= 11 is 0.